The first-order chi connectivity index (χ1) is 15.6. The van der Waals surface area contributed by atoms with Crippen LogP contribution in [0.15, 0.2) is 24.3 Å². The molecule has 1 aromatic carbocycles. The normalized spacial score (nSPS) is 11.5. The quantitative estimate of drug-likeness (QED) is 0.122. The van der Waals surface area contributed by atoms with E-state index in [9.17, 15) is 18.0 Å². The fourth-order valence-corrected chi connectivity index (χ4v) is 3.84. The molecule has 0 amide bonds. The van der Waals surface area contributed by atoms with E-state index >= 15 is 0 Å². The molecular formula is C24H39KO8S. The molecule has 190 valence electrons. The molecule has 0 heterocycles. The summed E-state index contributed by atoms with van der Waals surface area (Å²) in [4.78, 5) is 20.0. The number of unbranched alkanes of at least 4 members (excludes halogenated alkanes) is 9. The molecule has 0 fully saturated rings. The van der Waals surface area contributed by atoms with E-state index in [2.05, 4.69) is 25.1 Å². The van der Waals surface area contributed by atoms with Crippen molar-refractivity contribution in [1.29, 1.82) is 0 Å². The van der Waals surface area contributed by atoms with E-state index in [1.807, 2.05) is 13.0 Å². The van der Waals surface area contributed by atoms with Crippen molar-refractivity contribution in [3.63, 3.8) is 0 Å². The maximum Gasteiger partial charge on any atom is 1.00 e. The topological polar surface area (TPSA) is 138 Å². The summed E-state index contributed by atoms with van der Waals surface area (Å²) in [6.07, 6.45) is 13.9. The third-order valence-electron chi connectivity index (χ3n) is 5.01. The van der Waals surface area contributed by atoms with Crippen LogP contribution in [0.2, 0.25) is 0 Å². The zero-order chi connectivity index (χ0) is 25.1. The smallest absolute Gasteiger partial charge is 0.662 e. The summed E-state index contributed by atoms with van der Waals surface area (Å²) in [7, 11) is -4.84. The number of carboxylic acid groups (broad SMARTS) is 2. The first-order valence-corrected chi connectivity index (χ1v) is 13.1. The molecule has 1 rings (SSSR count). The minimum atomic E-state index is -4.84. The van der Waals surface area contributed by atoms with Gasteiger partial charge >= 0.3 is 63.3 Å². The molecule has 34 heavy (non-hydrogen) atoms. The Labute approximate surface area is 247 Å². The maximum absolute atomic E-state index is 10.2. The Balaban J connectivity index is 0. The van der Waals surface area contributed by atoms with Gasteiger partial charge in [0.2, 0.25) is 0 Å². The van der Waals surface area contributed by atoms with Gasteiger partial charge in [0.15, 0.2) is 5.25 Å². The van der Waals surface area contributed by atoms with Crippen LogP contribution in [0.25, 0.3) is 0 Å². The zero-order valence-electron chi connectivity index (χ0n) is 20.7. The number of aryl methyl sites for hydroxylation is 1. The molecular weight excluding hydrogens is 487 g/mol. The second-order valence-corrected chi connectivity index (χ2v) is 9.43. The van der Waals surface area contributed by atoms with E-state index in [4.69, 9.17) is 19.5 Å². The van der Waals surface area contributed by atoms with Gasteiger partial charge in [-0.2, -0.15) is 21.9 Å². The van der Waals surface area contributed by atoms with Gasteiger partial charge in [-0.15, -0.1) is 0 Å². The predicted octanol–water partition coefficient (Wildman–Crippen LogP) is 2.52. The van der Waals surface area contributed by atoms with Crippen molar-refractivity contribution in [2.24, 2.45) is 0 Å². The predicted molar refractivity (Wildman–Crippen MR) is 128 cm³/mol. The van der Waals surface area contributed by atoms with Crippen molar-refractivity contribution in [2.75, 3.05) is 0 Å². The van der Waals surface area contributed by atoms with Gasteiger partial charge in [-0.25, -0.2) is 0 Å². The van der Waals surface area contributed by atoms with Crippen LogP contribution in [-0.2, 0) is 26.1 Å². The molecule has 0 radical (unpaired) electrons. The van der Waals surface area contributed by atoms with Gasteiger partial charge in [0, 0.05) is 0 Å². The molecule has 0 aliphatic heterocycles. The molecule has 0 spiro atoms. The summed E-state index contributed by atoms with van der Waals surface area (Å²) in [6, 6.07) is 8.40. The summed E-state index contributed by atoms with van der Waals surface area (Å²) in [6.45, 7) is 5.97. The summed E-state index contributed by atoms with van der Waals surface area (Å²) < 4.78 is 34.2. The minimum Gasteiger partial charge on any atom is -0.662 e. The fourth-order valence-electron chi connectivity index (χ4n) is 3.23. The van der Waals surface area contributed by atoms with Crippen molar-refractivity contribution in [2.45, 2.75) is 96.1 Å². The van der Waals surface area contributed by atoms with Crippen LogP contribution in [0.1, 0.15) is 90.0 Å². The number of carboxylic acids is 2. The van der Waals surface area contributed by atoms with Gasteiger partial charge in [0.1, 0.15) is 0 Å². The minimum absolute atomic E-state index is 0. The molecule has 1 unspecified atom stereocenters. The summed E-state index contributed by atoms with van der Waals surface area (Å²) in [5, 5.41) is 13.9. The molecule has 0 aliphatic rings. The Morgan fingerprint density at radius 3 is 1.85 bits per heavy atom. The van der Waals surface area contributed by atoms with Gasteiger partial charge in [-0.1, -0.05) is 82.9 Å². The molecule has 0 aliphatic carbocycles. The second kappa shape index (κ2) is 21.8. The average molecular weight is 527 g/mol. The van der Waals surface area contributed by atoms with Gasteiger partial charge in [0.05, 0.1) is 12.2 Å². The molecule has 0 aromatic heterocycles. The Morgan fingerprint density at radius 2 is 1.44 bits per heavy atom. The number of hydrogen-bond donors (Lipinski definition) is 3. The Morgan fingerprint density at radius 1 is 0.941 bits per heavy atom. The van der Waals surface area contributed by atoms with Crippen LogP contribution in [0.3, 0.4) is 0 Å². The number of benzene rings is 1. The number of hydrogen-bond acceptors (Lipinski definition) is 5. The van der Waals surface area contributed by atoms with E-state index in [1.165, 1.54) is 69.8 Å². The summed E-state index contributed by atoms with van der Waals surface area (Å²) >= 11 is 0. The van der Waals surface area contributed by atoms with Gasteiger partial charge in [-0.05, 0) is 24.5 Å². The van der Waals surface area contributed by atoms with Crippen LogP contribution in [-0.4, -0.2) is 40.4 Å². The SMILES string of the molecule is C[CH-]Oc1ccccc1CCCCCCCCCCCC.O=C(O)CC(C(=O)O)S(=O)(=O)O.[K+]. The number of para-hydroxylation sites is 1. The Kier molecular flexibility index (Phi) is 22.8. The molecule has 1 aromatic rings. The molecule has 10 heteroatoms. The van der Waals surface area contributed by atoms with Crippen LogP contribution < -0.4 is 56.1 Å². The van der Waals surface area contributed by atoms with Crippen LogP contribution in [0, 0.1) is 6.61 Å². The number of rotatable bonds is 17. The molecule has 1 atom stereocenters. The van der Waals surface area contributed by atoms with E-state index in [0.29, 0.717) is 0 Å². The van der Waals surface area contributed by atoms with Gasteiger partial charge in [-0.3, -0.25) is 14.1 Å². The summed E-state index contributed by atoms with van der Waals surface area (Å²) in [5.41, 5.74) is 1.34. The van der Waals surface area contributed by atoms with Crippen molar-refractivity contribution < 1.29 is 88.9 Å². The third kappa shape index (κ3) is 18.8. The fraction of sp³-hybridized carbons (Fsp3) is 0.625. The first-order valence-electron chi connectivity index (χ1n) is 11.6. The van der Waals surface area contributed by atoms with Crippen LogP contribution in [0.4, 0.5) is 0 Å². The van der Waals surface area contributed by atoms with Crippen molar-refractivity contribution in [3.05, 3.63) is 36.4 Å². The number of ether oxygens (including phenoxy) is 1. The number of aliphatic carboxylic acids is 2. The van der Waals surface area contributed by atoms with E-state index in [-0.39, 0.29) is 51.4 Å². The van der Waals surface area contributed by atoms with Gasteiger partial charge < -0.3 is 14.9 Å². The standard InChI is InChI=1S/C20H33O.C4H6O7S.K/c1-3-5-6-7-8-9-10-11-12-13-16-19-17-14-15-18-20(19)21-4-2;5-3(6)1-2(4(7)8)12(9,10)11;/h4,14-15,17-18H,3,5-13,16H2,1-2H3;2H,1H2,(H,5,6)(H,7,8)(H,9,10,11);/q-1;;+1. The summed E-state index contributed by atoms with van der Waals surface area (Å²) in [5.74, 6) is -2.48. The molecule has 0 saturated heterocycles. The van der Waals surface area contributed by atoms with E-state index in [0.717, 1.165) is 12.2 Å². The average Bonchev–Trinajstić information content (AvgIpc) is 2.74. The van der Waals surface area contributed by atoms with Crippen molar-refractivity contribution in [1.82, 2.24) is 0 Å². The van der Waals surface area contributed by atoms with Crippen LogP contribution >= 0.6 is 0 Å². The zero-order valence-corrected chi connectivity index (χ0v) is 24.7. The molecule has 0 bridgehead atoms. The first kappa shape index (κ1) is 35.7. The van der Waals surface area contributed by atoms with Crippen LogP contribution in [0.5, 0.6) is 5.75 Å². The van der Waals surface area contributed by atoms with Crippen molar-refractivity contribution in [3.8, 4) is 5.75 Å². The maximum atomic E-state index is 10.2. The Bertz CT molecular complexity index is 783. The van der Waals surface area contributed by atoms with Gasteiger partial charge in [0.25, 0.3) is 10.1 Å². The van der Waals surface area contributed by atoms with E-state index in [1.54, 1.807) is 6.61 Å². The molecule has 8 nitrogen and oxygen atoms in total. The third-order valence-corrected chi connectivity index (χ3v) is 6.10. The number of carbonyl (C=O) groups is 2. The molecule has 0 saturated carbocycles. The largest absolute Gasteiger partial charge is 1.00 e. The monoisotopic (exact) mass is 526 g/mol. The van der Waals surface area contributed by atoms with E-state index < -0.39 is 33.7 Å². The van der Waals surface area contributed by atoms with Crippen molar-refractivity contribution >= 4 is 22.1 Å². The molecule has 3 N–H and O–H groups in total. The Hall–Kier alpha value is -0.494. The second-order valence-electron chi connectivity index (χ2n) is 7.83.